The van der Waals surface area contributed by atoms with Crippen LogP contribution in [0, 0.1) is 6.92 Å². The van der Waals surface area contributed by atoms with Gasteiger partial charge < -0.3 is 9.62 Å². The van der Waals surface area contributed by atoms with Gasteiger partial charge in [-0.15, -0.1) is 0 Å². The van der Waals surface area contributed by atoms with E-state index in [0.717, 1.165) is 11.8 Å². The Morgan fingerprint density at radius 2 is 2.36 bits per heavy atom. The minimum atomic E-state index is -0.445. The largest absolute Gasteiger partial charge is 0.422 e. The molecule has 1 heterocycles. The summed E-state index contributed by atoms with van der Waals surface area (Å²) in [5, 5.41) is 10.8. The molecule has 11 heavy (non-hydrogen) atoms. The van der Waals surface area contributed by atoms with Gasteiger partial charge in [0.1, 0.15) is 6.21 Å². The molecule has 0 atom stereocenters. The van der Waals surface area contributed by atoms with Gasteiger partial charge in [-0.25, -0.2) is 4.79 Å². The van der Waals surface area contributed by atoms with Crippen molar-refractivity contribution in [3.8, 4) is 0 Å². The zero-order valence-electron chi connectivity index (χ0n) is 5.94. The second kappa shape index (κ2) is 3.01. The smallest absolute Gasteiger partial charge is 0.336 e. The molecule has 4 nitrogen and oxygen atoms in total. The fourth-order valence-electron chi connectivity index (χ4n) is 0.748. The Balaban J connectivity index is 3.19. The summed E-state index contributed by atoms with van der Waals surface area (Å²) in [6.07, 6.45) is 1.06. The van der Waals surface area contributed by atoms with Gasteiger partial charge in [-0.2, -0.15) is 0 Å². The summed E-state index contributed by atoms with van der Waals surface area (Å²) in [6, 6.07) is 2.95. The maximum absolute atomic E-state index is 10.7. The number of hydrogen-bond acceptors (Lipinski definition) is 4. The molecule has 0 radical (unpaired) electrons. The van der Waals surface area contributed by atoms with E-state index in [9.17, 15) is 4.79 Å². The first-order valence-corrected chi connectivity index (χ1v) is 3.01. The summed E-state index contributed by atoms with van der Waals surface area (Å²) in [5.41, 5.74) is 0.330. The maximum atomic E-state index is 10.7. The molecule has 1 aromatic rings. The monoisotopic (exact) mass is 153 g/mol. The second-order valence-electron chi connectivity index (χ2n) is 2.10. The summed E-state index contributed by atoms with van der Waals surface area (Å²) < 4.78 is 4.63. The number of rotatable bonds is 1. The Morgan fingerprint density at radius 3 is 2.91 bits per heavy atom. The van der Waals surface area contributed by atoms with Crippen LogP contribution in [0.1, 0.15) is 11.3 Å². The zero-order chi connectivity index (χ0) is 8.27. The predicted molar refractivity (Wildman–Crippen MR) is 39.1 cm³/mol. The van der Waals surface area contributed by atoms with Gasteiger partial charge >= 0.3 is 5.63 Å². The van der Waals surface area contributed by atoms with E-state index in [4.69, 9.17) is 5.21 Å². The van der Waals surface area contributed by atoms with Crippen molar-refractivity contribution in [3.05, 3.63) is 33.9 Å². The Labute approximate surface area is 62.8 Å². The molecule has 1 N–H and O–H groups in total. The fraction of sp³-hybridized carbons (Fsp3) is 0.143. The van der Waals surface area contributed by atoms with Crippen molar-refractivity contribution in [2.75, 3.05) is 0 Å². The molecule has 0 amide bonds. The molecule has 0 saturated carbocycles. The molecule has 0 fully saturated rings. The molecule has 0 aromatic carbocycles. The van der Waals surface area contributed by atoms with Gasteiger partial charge in [0.25, 0.3) is 0 Å². The molecule has 1 rings (SSSR count). The van der Waals surface area contributed by atoms with Crippen molar-refractivity contribution >= 4 is 6.21 Å². The Bertz CT molecular complexity index is 327. The highest BCUT2D eigenvalue weighted by Crippen LogP contribution is 1.95. The SMILES string of the molecule is Cc1cc(C=NO)oc(=O)c1. The van der Waals surface area contributed by atoms with Crippen LogP contribution in [0.2, 0.25) is 0 Å². The minimum Gasteiger partial charge on any atom is -0.422 e. The van der Waals surface area contributed by atoms with Crippen LogP contribution in [-0.4, -0.2) is 11.4 Å². The summed E-state index contributed by atoms with van der Waals surface area (Å²) in [7, 11) is 0. The van der Waals surface area contributed by atoms with Crippen molar-refractivity contribution in [1.29, 1.82) is 0 Å². The lowest BCUT2D eigenvalue weighted by atomic mass is 10.3. The highest BCUT2D eigenvalue weighted by atomic mass is 16.4. The predicted octanol–water partition coefficient (Wildman–Crippen LogP) is 0.756. The van der Waals surface area contributed by atoms with E-state index < -0.39 is 5.63 Å². The molecule has 0 unspecified atom stereocenters. The average molecular weight is 153 g/mol. The van der Waals surface area contributed by atoms with Crippen LogP contribution in [0.5, 0.6) is 0 Å². The van der Waals surface area contributed by atoms with Crippen LogP contribution in [0.15, 0.2) is 26.5 Å². The molecule has 4 heteroatoms. The molecular weight excluding hydrogens is 146 g/mol. The van der Waals surface area contributed by atoms with E-state index in [0.29, 0.717) is 0 Å². The van der Waals surface area contributed by atoms with Gasteiger partial charge in [-0.3, -0.25) is 0 Å². The van der Waals surface area contributed by atoms with Crippen LogP contribution in [0.4, 0.5) is 0 Å². The number of hydrogen-bond donors (Lipinski definition) is 1. The summed E-state index contributed by atoms with van der Waals surface area (Å²) in [5.74, 6) is 0.248. The average Bonchev–Trinajstić information content (AvgIpc) is 1.85. The third-order valence-electron chi connectivity index (χ3n) is 1.12. The third-order valence-corrected chi connectivity index (χ3v) is 1.12. The molecule has 0 spiro atoms. The van der Waals surface area contributed by atoms with E-state index in [2.05, 4.69) is 9.57 Å². The maximum Gasteiger partial charge on any atom is 0.336 e. The molecule has 0 aliphatic heterocycles. The first-order valence-electron chi connectivity index (χ1n) is 3.01. The Kier molecular flexibility index (Phi) is 2.06. The zero-order valence-corrected chi connectivity index (χ0v) is 5.94. The molecule has 0 saturated heterocycles. The van der Waals surface area contributed by atoms with Gasteiger partial charge in [0.2, 0.25) is 0 Å². The molecule has 0 aliphatic rings. The second-order valence-corrected chi connectivity index (χ2v) is 2.10. The lowest BCUT2D eigenvalue weighted by Gasteiger charge is -1.90. The van der Waals surface area contributed by atoms with Crippen LogP contribution in [0.3, 0.4) is 0 Å². The van der Waals surface area contributed by atoms with Gasteiger partial charge in [-0.05, 0) is 18.6 Å². The van der Waals surface area contributed by atoms with E-state index in [1.807, 2.05) is 0 Å². The lowest BCUT2D eigenvalue weighted by molar-refractivity contribution is 0.320. The summed E-state index contributed by atoms with van der Waals surface area (Å²) in [4.78, 5) is 10.7. The normalized spacial score (nSPS) is 10.6. The molecule has 0 aliphatic carbocycles. The first-order chi connectivity index (χ1) is 5.22. The lowest BCUT2D eigenvalue weighted by Crippen LogP contribution is -1.99. The number of oxime groups is 1. The van der Waals surface area contributed by atoms with E-state index in [1.165, 1.54) is 6.07 Å². The summed E-state index contributed by atoms with van der Waals surface area (Å²) in [6.45, 7) is 1.76. The van der Waals surface area contributed by atoms with Gasteiger partial charge in [0.15, 0.2) is 5.76 Å². The van der Waals surface area contributed by atoms with Crippen molar-refractivity contribution in [2.45, 2.75) is 6.92 Å². The highest BCUT2D eigenvalue weighted by Gasteiger charge is 1.94. The standard InChI is InChI=1S/C7H7NO3/c1-5-2-6(4-8-10)11-7(9)3-5/h2-4,10H,1H3. The Hall–Kier alpha value is -1.58. The molecular formula is C7H7NO3. The van der Waals surface area contributed by atoms with Crippen LogP contribution in [0.25, 0.3) is 0 Å². The third kappa shape index (κ3) is 1.93. The van der Waals surface area contributed by atoms with Crippen LogP contribution in [-0.2, 0) is 0 Å². The molecule has 1 aromatic heterocycles. The van der Waals surface area contributed by atoms with Crippen molar-refractivity contribution in [1.82, 2.24) is 0 Å². The fourth-order valence-corrected chi connectivity index (χ4v) is 0.748. The van der Waals surface area contributed by atoms with Gasteiger partial charge in [-0.1, -0.05) is 5.16 Å². The van der Waals surface area contributed by atoms with Gasteiger partial charge in [0, 0.05) is 6.07 Å². The summed E-state index contributed by atoms with van der Waals surface area (Å²) >= 11 is 0. The number of aryl methyl sites for hydroxylation is 1. The van der Waals surface area contributed by atoms with Crippen molar-refractivity contribution < 1.29 is 9.62 Å². The first kappa shape index (κ1) is 7.53. The minimum absolute atomic E-state index is 0.248. The molecule has 0 bridgehead atoms. The van der Waals surface area contributed by atoms with Crippen molar-refractivity contribution in [3.63, 3.8) is 0 Å². The molecule has 58 valence electrons. The van der Waals surface area contributed by atoms with E-state index in [-0.39, 0.29) is 5.76 Å². The number of nitrogens with zero attached hydrogens (tertiary/aromatic N) is 1. The van der Waals surface area contributed by atoms with E-state index >= 15 is 0 Å². The van der Waals surface area contributed by atoms with E-state index in [1.54, 1.807) is 13.0 Å². The Morgan fingerprint density at radius 1 is 1.64 bits per heavy atom. The van der Waals surface area contributed by atoms with Crippen molar-refractivity contribution in [2.24, 2.45) is 5.16 Å². The van der Waals surface area contributed by atoms with Crippen LogP contribution >= 0.6 is 0 Å². The van der Waals surface area contributed by atoms with Crippen LogP contribution < -0.4 is 5.63 Å². The topological polar surface area (TPSA) is 62.8 Å². The quantitative estimate of drug-likeness (QED) is 0.368. The van der Waals surface area contributed by atoms with Gasteiger partial charge in [0.05, 0.1) is 0 Å². The highest BCUT2D eigenvalue weighted by molar-refractivity contribution is 5.75.